The third-order valence-electron chi connectivity index (χ3n) is 7.30. The van der Waals surface area contributed by atoms with E-state index in [0.717, 1.165) is 38.1 Å². The Hall–Kier alpha value is -2.98. The molecule has 1 atom stereocenters. The van der Waals surface area contributed by atoms with Gasteiger partial charge in [-0.2, -0.15) is 0 Å². The standard InChI is InChI=1S/C24H31F3N4O4/c1-17-21(33)30(12-2-3-20(32)29-13-10-23(8-9-23)11-14-29)15-16-31(17)22(34)28-18-4-6-19(7-5-18)35-24(25,26)27/h4-7,17H,2-3,8-16H2,1H3,(H,28,34). The molecule has 1 spiro atoms. The van der Waals surface area contributed by atoms with Crippen molar-refractivity contribution in [3.05, 3.63) is 24.3 Å². The normalized spacial score (nSPS) is 21.8. The third kappa shape index (κ3) is 6.37. The fourth-order valence-electron chi connectivity index (χ4n) is 4.85. The van der Waals surface area contributed by atoms with E-state index < -0.39 is 24.2 Å². The molecule has 1 aliphatic carbocycles. The van der Waals surface area contributed by atoms with Gasteiger partial charge in [0.2, 0.25) is 11.8 Å². The lowest BCUT2D eigenvalue weighted by molar-refractivity contribution is -0.274. The summed E-state index contributed by atoms with van der Waals surface area (Å²) in [5, 5.41) is 2.60. The van der Waals surface area contributed by atoms with Crippen molar-refractivity contribution >= 4 is 23.5 Å². The average Bonchev–Trinajstić information content (AvgIpc) is 3.56. The lowest BCUT2D eigenvalue weighted by atomic mass is 9.93. The van der Waals surface area contributed by atoms with Crippen LogP contribution in [0.25, 0.3) is 0 Å². The van der Waals surface area contributed by atoms with Crippen molar-refractivity contribution in [2.24, 2.45) is 5.41 Å². The number of rotatable bonds is 6. The molecule has 4 amide bonds. The zero-order chi connectivity index (χ0) is 25.2. The number of likely N-dealkylation sites (tertiary alicyclic amines) is 1. The molecular weight excluding hydrogens is 465 g/mol. The van der Waals surface area contributed by atoms with Crippen LogP contribution < -0.4 is 10.1 Å². The van der Waals surface area contributed by atoms with Crippen molar-refractivity contribution in [3.63, 3.8) is 0 Å². The number of piperidine rings is 1. The topological polar surface area (TPSA) is 82.2 Å². The lowest BCUT2D eigenvalue weighted by Gasteiger charge is -2.39. The Labute approximate surface area is 202 Å². The number of nitrogens with zero attached hydrogens (tertiary/aromatic N) is 3. The van der Waals surface area contributed by atoms with Gasteiger partial charge in [-0.25, -0.2) is 4.79 Å². The molecule has 8 nitrogen and oxygen atoms in total. The van der Waals surface area contributed by atoms with Gasteiger partial charge >= 0.3 is 12.4 Å². The Morgan fingerprint density at radius 2 is 1.71 bits per heavy atom. The number of piperazine rings is 1. The molecule has 0 aromatic heterocycles. The van der Waals surface area contributed by atoms with E-state index in [4.69, 9.17) is 0 Å². The third-order valence-corrected chi connectivity index (χ3v) is 7.30. The van der Waals surface area contributed by atoms with Gasteiger partial charge in [-0.3, -0.25) is 9.59 Å². The highest BCUT2D eigenvalue weighted by atomic mass is 19.4. The van der Waals surface area contributed by atoms with Crippen LogP contribution in [0.5, 0.6) is 5.75 Å². The molecule has 3 aliphatic rings. The van der Waals surface area contributed by atoms with Gasteiger partial charge < -0.3 is 24.8 Å². The molecule has 4 rings (SSSR count). The summed E-state index contributed by atoms with van der Waals surface area (Å²) in [6, 6.07) is 3.60. The maximum Gasteiger partial charge on any atom is 0.573 e. The Morgan fingerprint density at radius 3 is 2.31 bits per heavy atom. The second-order valence-electron chi connectivity index (χ2n) is 9.68. The predicted molar refractivity (Wildman–Crippen MR) is 122 cm³/mol. The van der Waals surface area contributed by atoms with Gasteiger partial charge in [-0.15, -0.1) is 13.2 Å². The molecule has 1 saturated carbocycles. The molecule has 192 valence electrons. The predicted octanol–water partition coefficient (Wildman–Crippen LogP) is 3.83. The molecule has 11 heteroatoms. The van der Waals surface area contributed by atoms with E-state index in [9.17, 15) is 27.6 Å². The molecule has 1 aromatic carbocycles. The molecule has 1 aromatic rings. The van der Waals surface area contributed by atoms with Crippen LogP contribution in [0, 0.1) is 5.41 Å². The molecule has 2 saturated heterocycles. The number of benzene rings is 1. The number of amides is 4. The maximum atomic E-state index is 12.8. The fraction of sp³-hybridized carbons (Fsp3) is 0.625. The first kappa shape index (κ1) is 25.1. The first-order chi connectivity index (χ1) is 16.6. The maximum absolute atomic E-state index is 12.8. The van der Waals surface area contributed by atoms with E-state index in [-0.39, 0.29) is 17.5 Å². The number of carbonyl (C=O) groups is 3. The van der Waals surface area contributed by atoms with Crippen molar-refractivity contribution in [3.8, 4) is 5.75 Å². The number of ether oxygens (including phenoxy) is 1. The Morgan fingerprint density at radius 1 is 1.06 bits per heavy atom. The van der Waals surface area contributed by atoms with Crippen LogP contribution in [0.4, 0.5) is 23.7 Å². The van der Waals surface area contributed by atoms with E-state index >= 15 is 0 Å². The van der Waals surface area contributed by atoms with Crippen LogP contribution in [0.2, 0.25) is 0 Å². The fourth-order valence-corrected chi connectivity index (χ4v) is 4.85. The van der Waals surface area contributed by atoms with Crippen LogP contribution >= 0.6 is 0 Å². The molecular formula is C24H31F3N4O4. The number of alkyl halides is 3. The number of nitrogens with one attached hydrogen (secondary N) is 1. The molecule has 1 N–H and O–H groups in total. The molecule has 2 aliphatic heterocycles. The Bertz CT molecular complexity index is 939. The minimum absolute atomic E-state index is 0.144. The molecule has 35 heavy (non-hydrogen) atoms. The number of hydrogen-bond donors (Lipinski definition) is 1. The van der Waals surface area contributed by atoms with Gasteiger partial charge in [0.1, 0.15) is 11.8 Å². The second kappa shape index (κ2) is 9.94. The SMILES string of the molecule is CC1C(=O)N(CCCC(=O)N2CCC3(CC2)CC3)CCN1C(=O)Nc1ccc(OC(F)(F)F)cc1. The van der Waals surface area contributed by atoms with Gasteiger partial charge in [0.05, 0.1) is 0 Å². The largest absolute Gasteiger partial charge is 0.573 e. The summed E-state index contributed by atoms with van der Waals surface area (Å²) in [7, 11) is 0. The highest BCUT2D eigenvalue weighted by Crippen LogP contribution is 2.53. The summed E-state index contributed by atoms with van der Waals surface area (Å²) in [5.41, 5.74) is 0.812. The van der Waals surface area contributed by atoms with Crippen molar-refractivity contribution in [2.75, 3.05) is 38.0 Å². The van der Waals surface area contributed by atoms with E-state index in [1.165, 1.54) is 29.9 Å². The summed E-state index contributed by atoms with van der Waals surface area (Å²) in [6.07, 6.45) is 0.987. The van der Waals surface area contributed by atoms with Crippen LogP contribution in [0.3, 0.4) is 0 Å². The van der Waals surface area contributed by atoms with Crippen molar-refractivity contribution in [1.29, 1.82) is 0 Å². The monoisotopic (exact) mass is 496 g/mol. The second-order valence-corrected chi connectivity index (χ2v) is 9.68. The number of urea groups is 1. The zero-order valence-corrected chi connectivity index (χ0v) is 19.8. The molecule has 0 radical (unpaired) electrons. The number of hydrogen-bond acceptors (Lipinski definition) is 4. The summed E-state index contributed by atoms with van der Waals surface area (Å²) in [6.45, 7) is 4.44. The summed E-state index contributed by atoms with van der Waals surface area (Å²) in [4.78, 5) is 43.0. The summed E-state index contributed by atoms with van der Waals surface area (Å²) in [5.74, 6) is -0.439. The van der Waals surface area contributed by atoms with E-state index in [2.05, 4.69) is 10.1 Å². The van der Waals surface area contributed by atoms with Gasteiger partial charge in [0.25, 0.3) is 0 Å². The molecule has 0 bridgehead atoms. The number of anilines is 1. The minimum Gasteiger partial charge on any atom is -0.406 e. The minimum atomic E-state index is -4.79. The van der Waals surface area contributed by atoms with Crippen LogP contribution in [0.1, 0.15) is 45.4 Å². The molecule has 3 fully saturated rings. The van der Waals surface area contributed by atoms with Crippen LogP contribution in [-0.4, -0.2) is 77.7 Å². The average molecular weight is 497 g/mol. The Kier molecular flexibility index (Phi) is 7.14. The highest BCUT2D eigenvalue weighted by Gasteiger charge is 2.45. The summed E-state index contributed by atoms with van der Waals surface area (Å²) >= 11 is 0. The van der Waals surface area contributed by atoms with E-state index in [0.29, 0.717) is 37.9 Å². The van der Waals surface area contributed by atoms with E-state index in [1.54, 1.807) is 11.8 Å². The Balaban J connectivity index is 1.20. The first-order valence-corrected chi connectivity index (χ1v) is 12.1. The molecule has 2 heterocycles. The zero-order valence-electron chi connectivity index (χ0n) is 19.8. The first-order valence-electron chi connectivity index (χ1n) is 12.1. The van der Waals surface area contributed by atoms with Crippen molar-refractivity contribution in [2.45, 2.75) is 57.9 Å². The summed E-state index contributed by atoms with van der Waals surface area (Å²) < 4.78 is 40.7. The quantitative estimate of drug-likeness (QED) is 0.649. The van der Waals surface area contributed by atoms with Crippen LogP contribution in [-0.2, 0) is 9.59 Å². The van der Waals surface area contributed by atoms with Crippen molar-refractivity contribution in [1.82, 2.24) is 14.7 Å². The number of halogens is 3. The van der Waals surface area contributed by atoms with E-state index in [1.807, 2.05) is 4.90 Å². The lowest BCUT2D eigenvalue weighted by Crippen LogP contribution is -2.58. The smallest absolute Gasteiger partial charge is 0.406 e. The number of carbonyl (C=O) groups excluding carboxylic acids is 3. The van der Waals surface area contributed by atoms with Crippen molar-refractivity contribution < 1.29 is 32.3 Å². The highest BCUT2D eigenvalue weighted by molar-refractivity contribution is 5.94. The van der Waals surface area contributed by atoms with Gasteiger partial charge in [0.15, 0.2) is 0 Å². The van der Waals surface area contributed by atoms with Gasteiger partial charge in [-0.05, 0) is 68.7 Å². The van der Waals surface area contributed by atoms with Gasteiger partial charge in [0, 0.05) is 44.8 Å². The van der Waals surface area contributed by atoms with Gasteiger partial charge in [-0.1, -0.05) is 0 Å². The molecule has 1 unspecified atom stereocenters. The van der Waals surface area contributed by atoms with Crippen LogP contribution in [0.15, 0.2) is 24.3 Å².